The molecule has 0 saturated carbocycles. The highest BCUT2D eigenvalue weighted by atomic mass is 35.6. The zero-order chi connectivity index (χ0) is 19.3. The van der Waals surface area contributed by atoms with E-state index in [0.717, 1.165) is 5.56 Å². The third kappa shape index (κ3) is 5.95. The molecule has 1 atom stereocenters. The average molecular weight is 435 g/mol. The van der Waals surface area contributed by atoms with E-state index in [1.807, 2.05) is 0 Å². The molecular formula is C17H15Cl4N3O2. The van der Waals surface area contributed by atoms with Crippen LogP contribution < -0.4 is 16.0 Å². The van der Waals surface area contributed by atoms with Crippen LogP contribution in [0.25, 0.3) is 0 Å². The first-order valence-electron chi connectivity index (χ1n) is 7.43. The van der Waals surface area contributed by atoms with Gasteiger partial charge in [0.25, 0.3) is 5.91 Å². The van der Waals surface area contributed by atoms with Gasteiger partial charge >= 0.3 is 6.03 Å². The number of carbonyl (C=O) groups is 2. The van der Waals surface area contributed by atoms with Gasteiger partial charge in [-0.3, -0.25) is 4.79 Å². The Morgan fingerprint density at radius 3 is 2.31 bits per heavy atom. The molecule has 3 amide bonds. The van der Waals surface area contributed by atoms with Crippen molar-refractivity contribution in [3.63, 3.8) is 0 Å². The number of carbonyl (C=O) groups excluding carboxylic acids is 2. The van der Waals surface area contributed by atoms with Crippen molar-refractivity contribution in [2.45, 2.75) is 16.9 Å². The molecule has 0 radical (unpaired) electrons. The second-order valence-corrected chi connectivity index (χ2v) is 8.18. The molecule has 0 bridgehead atoms. The number of anilines is 1. The van der Waals surface area contributed by atoms with Crippen LogP contribution in [-0.4, -0.2) is 21.9 Å². The lowest BCUT2D eigenvalue weighted by atomic mass is 10.1. The summed E-state index contributed by atoms with van der Waals surface area (Å²) in [5, 5.41) is 7.93. The minimum atomic E-state index is -1.97. The zero-order valence-electron chi connectivity index (χ0n) is 13.5. The van der Waals surface area contributed by atoms with E-state index in [1.54, 1.807) is 55.5 Å². The van der Waals surface area contributed by atoms with Gasteiger partial charge in [0.15, 0.2) is 6.17 Å². The second kappa shape index (κ2) is 8.82. The standard InChI is InChI=1S/C17H15Cl4N3O2/c1-10-5-2-3-8-13(10)14(25)23-15(17(19,20)21)24-16(26)22-12-7-4-6-11(18)9-12/h2-9,15H,1H3,(H,23,25)(H2,22,24,26). The van der Waals surface area contributed by atoms with Gasteiger partial charge in [0, 0.05) is 16.3 Å². The van der Waals surface area contributed by atoms with Gasteiger partial charge in [0.05, 0.1) is 0 Å². The summed E-state index contributed by atoms with van der Waals surface area (Å²) in [5.41, 5.74) is 1.60. The van der Waals surface area contributed by atoms with Crippen molar-refractivity contribution in [3.05, 3.63) is 64.7 Å². The molecule has 5 nitrogen and oxygen atoms in total. The highest BCUT2D eigenvalue weighted by Crippen LogP contribution is 2.29. The minimum Gasteiger partial charge on any atom is -0.328 e. The van der Waals surface area contributed by atoms with Crippen LogP contribution in [0.15, 0.2) is 48.5 Å². The fraction of sp³-hybridized carbons (Fsp3) is 0.176. The van der Waals surface area contributed by atoms with Crippen molar-refractivity contribution < 1.29 is 9.59 Å². The van der Waals surface area contributed by atoms with Gasteiger partial charge in [-0.25, -0.2) is 4.79 Å². The van der Waals surface area contributed by atoms with Crippen LogP contribution in [0.5, 0.6) is 0 Å². The number of hydrogen-bond donors (Lipinski definition) is 3. The van der Waals surface area contributed by atoms with E-state index in [4.69, 9.17) is 46.4 Å². The lowest BCUT2D eigenvalue weighted by molar-refractivity contribution is 0.0932. The Morgan fingerprint density at radius 2 is 1.69 bits per heavy atom. The first-order chi connectivity index (χ1) is 12.2. The molecule has 0 heterocycles. The van der Waals surface area contributed by atoms with E-state index in [2.05, 4.69) is 16.0 Å². The first kappa shape index (κ1) is 20.6. The largest absolute Gasteiger partial charge is 0.328 e. The van der Waals surface area contributed by atoms with Crippen LogP contribution >= 0.6 is 46.4 Å². The van der Waals surface area contributed by atoms with Gasteiger partial charge in [0.1, 0.15) is 0 Å². The maximum absolute atomic E-state index is 12.4. The van der Waals surface area contributed by atoms with E-state index >= 15 is 0 Å². The van der Waals surface area contributed by atoms with E-state index in [-0.39, 0.29) is 0 Å². The quantitative estimate of drug-likeness (QED) is 0.473. The van der Waals surface area contributed by atoms with Gasteiger partial charge in [-0.2, -0.15) is 0 Å². The van der Waals surface area contributed by atoms with Crippen molar-refractivity contribution in [2.75, 3.05) is 5.32 Å². The minimum absolute atomic E-state index is 0.406. The van der Waals surface area contributed by atoms with E-state index in [0.29, 0.717) is 16.3 Å². The Balaban J connectivity index is 2.09. The van der Waals surface area contributed by atoms with Gasteiger partial charge < -0.3 is 16.0 Å². The molecule has 0 aromatic heterocycles. The summed E-state index contributed by atoms with van der Waals surface area (Å²) < 4.78 is -1.97. The topological polar surface area (TPSA) is 70.2 Å². The number of urea groups is 1. The number of alkyl halides is 3. The average Bonchev–Trinajstić information content (AvgIpc) is 2.53. The monoisotopic (exact) mass is 433 g/mol. The number of nitrogens with one attached hydrogen (secondary N) is 3. The highest BCUT2D eigenvalue weighted by Gasteiger charge is 2.35. The summed E-state index contributed by atoms with van der Waals surface area (Å²) in [4.78, 5) is 24.6. The molecule has 0 aliphatic rings. The van der Waals surface area contributed by atoms with Crippen molar-refractivity contribution >= 4 is 64.0 Å². The summed E-state index contributed by atoms with van der Waals surface area (Å²) in [6.45, 7) is 1.78. The molecule has 3 N–H and O–H groups in total. The third-order valence-electron chi connectivity index (χ3n) is 3.35. The van der Waals surface area contributed by atoms with Crippen molar-refractivity contribution in [1.29, 1.82) is 0 Å². The molecule has 0 aliphatic carbocycles. The number of rotatable bonds is 4. The molecular weight excluding hydrogens is 420 g/mol. The van der Waals surface area contributed by atoms with Crippen LogP contribution in [0, 0.1) is 6.92 Å². The maximum Gasteiger partial charge on any atom is 0.320 e. The summed E-state index contributed by atoms with van der Waals surface area (Å²) in [7, 11) is 0. The molecule has 26 heavy (non-hydrogen) atoms. The lowest BCUT2D eigenvalue weighted by Gasteiger charge is -2.26. The lowest BCUT2D eigenvalue weighted by Crippen LogP contribution is -2.56. The molecule has 0 spiro atoms. The predicted molar refractivity (Wildman–Crippen MR) is 106 cm³/mol. The molecule has 1 unspecified atom stereocenters. The van der Waals surface area contributed by atoms with E-state index in [1.165, 1.54) is 0 Å². The highest BCUT2D eigenvalue weighted by molar-refractivity contribution is 6.68. The maximum atomic E-state index is 12.4. The number of hydrogen-bond acceptors (Lipinski definition) is 2. The second-order valence-electron chi connectivity index (χ2n) is 5.37. The fourth-order valence-electron chi connectivity index (χ4n) is 2.10. The smallest absolute Gasteiger partial charge is 0.320 e. The van der Waals surface area contributed by atoms with Crippen LogP contribution in [0.1, 0.15) is 15.9 Å². The normalized spacial score (nSPS) is 12.2. The summed E-state index contributed by atoms with van der Waals surface area (Å²) in [6.07, 6.45) is -1.27. The van der Waals surface area contributed by atoms with Crippen LogP contribution in [0.2, 0.25) is 5.02 Å². The molecule has 9 heteroatoms. The predicted octanol–water partition coefficient (Wildman–Crippen LogP) is 4.90. The molecule has 2 aromatic rings. The van der Waals surface area contributed by atoms with Crippen molar-refractivity contribution in [2.24, 2.45) is 0 Å². The Morgan fingerprint density at radius 1 is 1.00 bits per heavy atom. The van der Waals surface area contributed by atoms with Crippen LogP contribution in [0.3, 0.4) is 0 Å². The third-order valence-corrected chi connectivity index (χ3v) is 4.24. The summed E-state index contributed by atoms with van der Waals surface area (Å²) in [6, 6.07) is 12.8. The Hall–Kier alpha value is -1.66. The van der Waals surface area contributed by atoms with Crippen LogP contribution in [-0.2, 0) is 0 Å². The fourth-order valence-corrected chi connectivity index (χ4v) is 2.62. The molecule has 2 aromatic carbocycles. The van der Waals surface area contributed by atoms with E-state index < -0.39 is 21.9 Å². The van der Waals surface area contributed by atoms with E-state index in [9.17, 15) is 9.59 Å². The van der Waals surface area contributed by atoms with Gasteiger partial charge in [-0.1, -0.05) is 70.7 Å². The molecule has 138 valence electrons. The molecule has 0 aliphatic heterocycles. The Labute approximate surface area is 170 Å². The van der Waals surface area contributed by atoms with Crippen molar-refractivity contribution in [3.8, 4) is 0 Å². The number of aryl methyl sites for hydroxylation is 1. The van der Waals surface area contributed by atoms with Gasteiger partial charge in [-0.05, 0) is 36.8 Å². The molecule has 2 rings (SSSR count). The number of halogens is 4. The van der Waals surface area contributed by atoms with Crippen molar-refractivity contribution in [1.82, 2.24) is 10.6 Å². The van der Waals surface area contributed by atoms with Gasteiger partial charge in [-0.15, -0.1) is 0 Å². The molecule has 0 fully saturated rings. The van der Waals surface area contributed by atoms with Crippen LogP contribution in [0.4, 0.5) is 10.5 Å². The Bertz CT molecular complexity index is 809. The summed E-state index contributed by atoms with van der Waals surface area (Å²) >= 11 is 23.6. The molecule has 0 saturated heterocycles. The number of amides is 3. The SMILES string of the molecule is Cc1ccccc1C(=O)NC(NC(=O)Nc1cccc(Cl)c1)C(Cl)(Cl)Cl. The first-order valence-corrected chi connectivity index (χ1v) is 8.94. The Kier molecular flexibility index (Phi) is 7.01. The summed E-state index contributed by atoms with van der Waals surface area (Å²) in [5.74, 6) is -0.484. The van der Waals surface area contributed by atoms with Gasteiger partial charge in [0.2, 0.25) is 3.79 Å². The number of benzene rings is 2. The zero-order valence-corrected chi connectivity index (χ0v) is 16.5.